The Morgan fingerprint density at radius 2 is 1.81 bits per heavy atom. The van der Waals surface area contributed by atoms with Crippen molar-refractivity contribution >= 4 is 29.4 Å². The Morgan fingerprint density at radius 3 is 2.47 bits per heavy atom. The van der Waals surface area contributed by atoms with Gasteiger partial charge >= 0.3 is 6.03 Å². The molecule has 1 atom stereocenters. The molecule has 2 aromatic rings. The number of urea groups is 1. The molecule has 2 aromatic carbocycles. The third-order valence-electron chi connectivity index (χ3n) is 4.39. The van der Waals surface area contributed by atoms with Crippen LogP contribution in [0.1, 0.15) is 30.9 Å². The van der Waals surface area contributed by atoms with Crippen molar-refractivity contribution in [2.75, 3.05) is 6.61 Å². The van der Waals surface area contributed by atoms with E-state index in [4.69, 9.17) is 16.3 Å². The SMILES string of the molecule is CCCC(NC(=O)NCc1ccc(F)cc1)C(=O)NNC(=O)COc1ccc(Cl)c(C)c1. The van der Waals surface area contributed by atoms with E-state index in [-0.39, 0.29) is 19.0 Å². The third kappa shape index (κ3) is 8.43. The van der Waals surface area contributed by atoms with Gasteiger partial charge in [-0.05, 0) is 54.8 Å². The molecule has 0 aliphatic carbocycles. The lowest BCUT2D eigenvalue weighted by Gasteiger charge is -2.18. The van der Waals surface area contributed by atoms with Crippen LogP contribution in [0.15, 0.2) is 42.5 Å². The largest absolute Gasteiger partial charge is 0.484 e. The fourth-order valence-electron chi connectivity index (χ4n) is 2.66. The molecule has 172 valence electrons. The number of nitrogens with one attached hydrogen (secondary N) is 4. The van der Waals surface area contributed by atoms with Crippen molar-refractivity contribution < 1.29 is 23.5 Å². The molecule has 0 radical (unpaired) electrons. The molecular weight excluding hydrogens is 439 g/mol. The number of hydrogen-bond donors (Lipinski definition) is 4. The minimum Gasteiger partial charge on any atom is -0.484 e. The van der Waals surface area contributed by atoms with E-state index < -0.39 is 23.9 Å². The molecule has 4 amide bonds. The number of amides is 4. The number of aryl methyl sites for hydroxylation is 1. The van der Waals surface area contributed by atoms with Crippen LogP contribution >= 0.6 is 11.6 Å². The first-order valence-electron chi connectivity index (χ1n) is 10.0. The molecule has 1 unspecified atom stereocenters. The first kappa shape index (κ1) is 24.9. The van der Waals surface area contributed by atoms with E-state index in [2.05, 4.69) is 21.5 Å². The summed E-state index contributed by atoms with van der Waals surface area (Å²) in [6, 6.07) is 9.26. The predicted molar refractivity (Wildman–Crippen MR) is 118 cm³/mol. The van der Waals surface area contributed by atoms with Gasteiger partial charge < -0.3 is 15.4 Å². The molecule has 0 aliphatic heterocycles. The second kappa shape index (κ2) is 12.5. The molecule has 8 nitrogen and oxygen atoms in total. The van der Waals surface area contributed by atoms with Crippen LogP contribution in [0.2, 0.25) is 5.02 Å². The maximum Gasteiger partial charge on any atom is 0.315 e. The Kier molecular flexibility index (Phi) is 9.75. The summed E-state index contributed by atoms with van der Waals surface area (Å²) in [7, 11) is 0. The summed E-state index contributed by atoms with van der Waals surface area (Å²) in [6.07, 6.45) is 0.996. The van der Waals surface area contributed by atoms with E-state index in [1.807, 2.05) is 13.8 Å². The van der Waals surface area contributed by atoms with Gasteiger partial charge in [-0.1, -0.05) is 37.1 Å². The summed E-state index contributed by atoms with van der Waals surface area (Å²) < 4.78 is 18.3. The fraction of sp³-hybridized carbons (Fsp3) is 0.318. The molecule has 4 N–H and O–H groups in total. The summed E-state index contributed by atoms with van der Waals surface area (Å²) in [4.78, 5) is 36.5. The van der Waals surface area contributed by atoms with Gasteiger partial charge in [-0.25, -0.2) is 9.18 Å². The average molecular weight is 465 g/mol. The topological polar surface area (TPSA) is 109 Å². The van der Waals surface area contributed by atoms with Gasteiger partial charge in [-0.2, -0.15) is 0 Å². The van der Waals surface area contributed by atoms with Gasteiger partial charge in [0.15, 0.2) is 6.61 Å². The number of rotatable bonds is 9. The quantitative estimate of drug-likeness (QED) is 0.428. The van der Waals surface area contributed by atoms with Gasteiger partial charge in [-0.15, -0.1) is 0 Å². The zero-order valence-corrected chi connectivity index (χ0v) is 18.6. The molecule has 0 heterocycles. The molecule has 0 fully saturated rings. The number of hydrazine groups is 1. The highest BCUT2D eigenvalue weighted by Gasteiger charge is 2.20. The monoisotopic (exact) mass is 464 g/mol. The standard InChI is InChI=1S/C22H26ClFN4O4/c1-3-4-19(26-22(31)25-12-15-5-7-16(24)8-6-15)21(30)28-27-20(29)13-32-17-9-10-18(23)14(2)11-17/h5-11,19H,3-4,12-13H2,1-2H3,(H,27,29)(H,28,30)(H2,25,26,31). The lowest BCUT2D eigenvalue weighted by Crippen LogP contribution is -2.54. The van der Waals surface area contributed by atoms with Crippen molar-refractivity contribution in [3.8, 4) is 5.75 Å². The lowest BCUT2D eigenvalue weighted by molar-refractivity contribution is -0.131. The van der Waals surface area contributed by atoms with Crippen molar-refractivity contribution in [2.45, 2.75) is 39.3 Å². The van der Waals surface area contributed by atoms with Crippen LogP contribution in [0.25, 0.3) is 0 Å². The smallest absolute Gasteiger partial charge is 0.315 e. The van der Waals surface area contributed by atoms with Gasteiger partial charge in [-0.3, -0.25) is 20.4 Å². The molecular formula is C22H26ClFN4O4. The summed E-state index contributed by atoms with van der Waals surface area (Å²) in [5.74, 6) is -1.04. The summed E-state index contributed by atoms with van der Waals surface area (Å²) >= 11 is 5.95. The van der Waals surface area contributed by atoms with Crippen LogP contribution in [-0.2, 0) is 16.1 Å². The van der Waals surface area contributed by atoms with Crippen molar-refractivity contribution in [3.63, 3.8) is 0 Å². The second-order valence-electron chi connectivity index (χ2n) is 7.03. The Bertz CT molecular complexity index is 940. The molecule has 32 heavy (non-hydrogen) atoms. The first-order chi connectivity index (χ1) is 15.3. The number of carbonyl (C=O) groups excluding carboxylic acids is 3. The Morgan fingerprint density at radius 1 is 1.09 bits per heavy atom. The maximum absolute atomic E-state index is 12.9. The number of hydrogen-bond acceptors (Lipinski definition) is 4. The highest BCUT2D eigenvalue weighted by Crippen LogP contribution is 2.20. The first-order valence-corrected chi connectivity index (χ1v) is 10.4. The molecule has 0 aliphatic rings. The Hall–Kier alpha value is -3.33. The van der Waals surface area contributed by atoms with Gasteiger partial charge in [0.25, 0.3) is 11.8 Å². The molecule has 0 aromatic heterocycles. The van der Waals surface area contributed by atoms with Crippen LogP contribution < -0.4 is 26.2 Å². The molecule has 0 spiro atoms. The fourth-order valence-corrected chi connectivity index (χ4v) is 2.78. The number of halogens is 2. The molecule has 2 rings (SSSR count). The van der Waals surface area contributed by atoms with E-state index in [0.717, 1.165) is 5.56 Å². The van der Waals surface area contributed by atoms with Crippen molar-refractivity contribution in [3.05, 3.63) is 64.4 Å². The highest BCUT2D eigenvalue weighted by atomic mass is 35.5. The van der Waals surface area contributed by atoms with Crippen LogP contribution in [-0.4, -0.2) is 30.5 Å². The van der Waals surface area contributed by atoms with E-state index in [1.165, 1.54) is 12.1 Å². The third-order valence-corrected chi connectivity index (χ3v) is 4.81. The van der Waals surface area contributed by atoms with Crippen LogP contribution in [0.4, 0.5) is 9.18 Å². The zero-order chi connectivity index (χ0) is 23.5. The minimum atomic E-state index is -0.853. The van der Waals surface area contributed by atoms with E-state index >= 15 is 0 Å². The van der Waals surface area contributed by atoms with Gasteiger partial charge in [0.05, 0.1) is 0 Å². The van der Waals surface area contributed by atoms with Crippen molar-refractivity contribution in [1.82, 2.24) is 21.5 Å². The Labute approximate surface area is 190 Å². The van der Waals surface area contributed by atoms with Gasteiger partial charge in [0.2, 0.25) is 0 Å². The number of benzene rings is 2. The van der Waals surface area contributed by atoms with E-state index in [1.54, 1.807) is 30.3 Å². The molecule has 0 saturated carbocycles. The van der Waals surface area contributed by atoms with Crippen LogP contribution in [0.5, 0.6) is 5.75 Å². The Balaban J connectivity index is 1.77. The normalized spacial score (nSPS) is 11.2. The molecule has 10 heteroatoms. The summed E-state index contributed by atoms with van der Waals surface area (Å²) in [5.41, 5.74) is 6.06. The lowest BCUT2D eigenvalue weighted by atomic mass is 10.1. The van der Waals surface area contributed by atoms with Crippen LogP contribution in [0.3, 0.4) is 0 Å². The average Bonchev–Trinajstić information content (AvgIpc) is 2.77. The molecule has 0 saturated heterocycles. The predicted octanol–water partition coefficient (Wildman–Crippen LogP) is 2.98. The number of carbonyl (C=O) groups is 3. The summed E-state index contributed by atoms with van der Waals surface area (Å²) in [5, 5.41) is 5.75. The van der Waals surface area contributed by atoms with Gasteiger partial charge in [0.1, 0.15) is 17.6 Å². The minimum absolute atomic E-state index is 0.171. The van der Waals surface area contributed by atoms with Crippen LogP contribution in [0, 0.1) is 12.7 Å². The van der Waals surface area contributed by atoms with Crippen molar-refractivity contribution in [2.24, 2.45) is 0 Å². The van der Waals surface area contributed by atoms with E-state index in [0.29, 0.717) is 29.2 Å². The maximum atomic E-state index is 12.9. The zero-order valence-electron chi connectivity index (χ0n) is 17.8. The number of ether oxygens (including phenoxy) is 1. The molecule has 0 bridgehead atoms. The van der Waals surface area contributed by atoms with Gasteiger partial charge in [0, 0.05) is 11.6 Å². The van der Waals surface area contributed by atoms with Crippen molar-refractivity contribution in [1.29, 1.82) is 0 Å². The summed E-state index contributed by atoms with van der Waals surface area (Å²) in [6.45, 7) is 3.53. The second-order valence-corrected chi connectivity index (χ2v) is 7.44. The highest BCUT2D eigenvalue weighted by molar-refractivity contribution is 6.31. The van der Waals surface area contributed by atoms with E-state index in [9.17, 15) is 18.8 Å².